The molecule has 480 valence electrons. The van der Waals surface area contributed by atoms with Crippen LogP contribution in [0.1, 0.15) is 0 Å². The average molecular weight is 1200 g/mol. The van der Waals surface area contributed by atoms with E-state index in [1.165, 1.54) is 11.3 Å². The van der Waals surface area contributed by atoms with E-state index in [9.17, 15) is 0 Å². The minimum absolute atomic E-state index is 0.325. The first-order valence-electron chi connectivity index (χ1n) is 28.4. The van der Waals surface area contributed by atoms with Gasteiger partial charge >= 0.3 is 0 Å². The summed E-state index contributed by atoms with van der Waals surface area (Å²) in [5.74, 6) is 1.42. The molecule has 0 aromatic carbocycles. The van der Waals surface area contributed by atoms with Crippen molar-refractivity contribution < 1.29 is 123 Å². The van der Waals surface area contributed by atoms with Gasteiger partial charge in [-0.25, -0.2) is 0 Å². The Kier molecular flexibility index (Phi) is 59.9. The normalized spacial score (nSPS) is 14.2. The van der Waals surface area contributed by atoms with E-state index in [-0.39, 0.29) is 12.2 Å². The van der Waals surface area contributed by atoms with Crippen molar-refractivity contribution in [3.63, 3.8) is 0 Å². The zero-order chi connectivity index (χ0) is 57.3. The lowest BCUT2D eigenvalue weighted by molar-refractivity contribution is -0.0785. The van der Waals surface area contributed by atoms with Gasteiger partial charge in [0.25, 0.3) is 0 Å². The number of thiophene rings is 1. The number of rotatable bonds is 70. The van der Waals surface area contributed by atoms with E-state index in [0.29, 0.717) is 315 Å². The molecule has 0 saturated heterocycles. The summed E-state index contributed by atoms with van der Waals surface area (Å²) < 4.78 is 144. The molecule has 1 aliphatic rings. The van der Waals surface area contributed by atoms with E-state index < -0.39 is 0 Å². The number of fused-ring (bicyclic) bond motifs is 1. The fourth-order valence-electron chi connectivity index (χ4n) is 6.29. The lowest BCUT2D eigenvalue weighted by Crippen LogP contribution is -2.45. The molecule has 0 amide bonds. The molecule has 2 atom stereocenters. The van der Waals surface area contributed by atoms with Crippen LogP contribution in [0.5, 0.6) is 11.5 Å². The van der Waals surface area contributed by atoms with Crippen molar-refractivity contribution in [3.05, 3.63) is 10.8 Å². The summed E-state index contributed by atoms with van der Waals surface area (Å²) in [4.78, 5) is 0. The van der Waals surface area contributed by atoms with Gasteiger partial charge in [0.15, 0.2) is 23.7 Å². The summed E-state index contributed by atoms with van der Waals surface area (Å²) in [6.07, 6.45) is -0.669. The van der Waals surface area contributed by atoms with Gasteiger partial charge in [-0.15, -0.1) is 11.3 Å². The summed E-state index contributed by atoms with van der Waals surface area (Å²) in [7, 11) is 3.29. The van der Waals surface area contributed by atoms with Crippen molar-refractivity contribution in [3.8, 4) is 11.5 Å². The molecule has 0 spiro atoms. The largest absolute Gasteiger partial charge is 0.479 e. The Balaban J connectivity index is 1.24. The predicted octanol–water partition coefficient (Wildman–Crippen LogP) is 1.91. The molecule has 1 aliphatic heterocycles. The third-order valence-electron chi connectivity index (χ3n) is 10.4. The SMILES string of the molecule is COCCOCCOCCOCCOCCOCCOCCOCCOCCOCCOCCOCC1Oc2cscc2OC1COCCOCCOCCOCCOCCOCCOCCOCCOCCOCCOCCOC. The molecule has 1 aromatic heterocycles. The Labute approximate surface area is 485 Å². The second-order valence-corrected chi connectivity index (χ2v) is 17.5. The van der Waals surface area contributed by atoms with E-state index in [1.807, 2.05) is 10.8 Å². The van der Waals surface area contributed by atoms with Crippen LogP contribution in [0.4, 0.5) is 0 Å². The van der Waals surface area contributed by atoms with Crippen LogP contribution in [-0.2, 0) is 114 Å². The minimum Gasteiger partial charge on any atom is -0.479 e. The molecule has 2 heterocycles. The monoisotopic (exact) mass is 1200 g/mol. The molecule has 0 aliphatic carbocycles. The maximum absolute atomic E-state index is 6.17. The van der Waals surface area contributed by atoms with Crippen LogP contribution in [0.15, 0.2) is 10.8 Å². The van der Waals surface area contributed by atoms with Crippen LogP contribution < -0.4 is 9.47 Å². The highest BCUT2D eigenvalue weighted by Crippen LogP contribution is 2.37. The van der Waals surface area contributed by atoms with Gasteiger partial charge in [0.05, 0.1) is 304 Å². The summed E-state index contributed by atoms with van der Waals surface area (Å²) in [6, 6.07) is 0. The van der Waals surface area contributed by atoms with E-state index in [4.69, 9.17) is 123 Å². The van der Waals surface area contributed by atoms with Gasteiger partial charge in [0.2, 0.25) is 0 Å². The molecule has 1 aromatic rings. The van der Waals surface area contributed by atoms with Gasteiger partial charge in [0, 0.05) is 25.0 Å². The maximum Gasteiger partial charge on any atom is 0.172 e. The van der Waals surface area contributed by atoms with Crippen molar-refractivity contribution in [2.24, 2.45) is 0 Å². The molecule has 26 nitrogen and oxygen atoms in total. The Bertz CT molecular complexity index is 1250. The van der Waals surface area contributed by atoms with Crippen LogP contribution in [-0.4, -0.2) is 330 Å². The Hall–Kier alpha value is -1.66. The Morgan fingerprint density at radius 3 is 0.506 bits per heavy atom. The van der Waals surface area contributed by atoms with Crippen LogP contribution in [0.3, 0.4) is 0 Å². The third-order valence-corrected chi connectivity index (χ3v) is 11.1. The number of methoxy groups -OCH3 is 2. The second-order valence-electron chi connectivity index (χ2n) is 16.8. The van der Waals surface area contributed by atoms with E-state index in [2.05, 4.69) is 0 Å². The van der Waals surface area contributed by atoms with Crippen LogP contribution in [0.25, 0.3) is 0 Å². The summed E-state index contributed by atoms with van der Waals surface area (Å²) in [6.45, 7) is 22.4. The van der Waals surface area contributed by atoms with Gasteiger partial charge < -0.3 is 123 Å². The zero-order valence-corrected chi connectivity index (χ0v) is 49.7. The summed E-state index contributed by atoms with van der Waals surface area (Å²) in [5, 5.41) is 3.83. The van der Waals surface area contributed by atoms with Crippen LogP contribution >= 0.6 is 11.3 Å². The Morgan fingerprint density at radius 2 is 0.358 bits per heavy atom. The molecule has 0 radical (unpaired) electrons. The van der Waals surface area contributed by atoms with Crippen molar-refractivity contribution in [2.75, 3.05) is 318 Å². The van der Waals surface area contributed by atoms with Crippen LogP contribution in [0, 0.1) is 0 Å². The van der Waals surface area contributed by atoms with Crippen LogP contribution in [0.2, 0.25) is 0 Å². The lowest BCUT2D eigenvalue weighted by Gasteiger charge is -2.32. The van der Waals surface area contributed by atoms with Crippen molar-refractivity contribution in [1.29, 1.82) is 0 Å². The highest BCUT2D eigenvalue weighted by molar-refractivity contribution is 7.08. The number of ether oxygens (including phenoxy) is 26. The Morgan fingerprint density at radius 1 is 0.222 bits per heavy atom. The fraction of sp³-hybridized carbons (Fsp3) is 0.926. The highest BCUT2D eigenvalue weighted by Gasteiger charge is 2.32. The first-order valence-corrected chi connectivity index (χ1v) is 29.4. The van der Waals surface area contributed by atoms with Crippen molar-refractivity contribution in [1.82, 2.24) is 0 Å². The first-order chi connectivity index (χ1) is 40.3. The van der Waals surface area contributed by atoms with Crippen molar-refractivity contribution >= 4 is 11.3 Å². The predicted molar refractivity (Wildman–Crippen MR) is 295 cm³/mol. The minimum atomic E-state index is -0.334. The molecular formula is C54H102O26S. The molecule has 0 saturated carbocycles. The quantitative estimate of drug-likeness (QED) is 0.0847. The fourth-order valence-corrected chi connectivity index (χ4v) is 6.95. The number of hydrogen-bond acceptors (Lipinski definition) is 27. The summed E-state index contributed by atoms with van der Waals surface area (Å²) >= 11 is 1.52. The molecule has 0 fully saturated rings. The van der Waals surface area contributed by atoms with Gasteiger partial charge in [-0.1, -0.05) is 0 Å². The molecule has 2 unspecified atom stereocenters. The van der Waals surface area contributed by atoms with E-state index >= 15 is 0 Å². The smallest absolute Gasteiger partial charge is 0.172 e. The van der Waals surface area contributed by atoms with Gasteiger partial charge in [0.1, 0.15) is 0 Å². The highest BCUT2D eigenvalue weighted by atomic mass is 32.1. The molecule has 0 bridgehead atoms. The zero-order valence-electron chi connectivity index (χ0n) is 48.9. The topological polar surface area (TPSA) is 240 Å². The van der Waals surface area contributed by atoms with Gasteiger partial charge in [-0.3, -0.25) is 0 Å². The summed E-state index contributed by atoms with van der Waals surface area (Å²) in [5.41, 5.74) is 0. The standard InChI is InChI=1S/C54H102O26S/c1-55-3-5-57-7-9-59-11-13-61-15-17-63-19-21-65-23-25-67-27-29-69-31-33-71-35-37-73-39-41-75-43-45-77-47-51-52(80-54-50-81-49-53(54)79-51)48-78-46-44-76-42-40-74-38-36-72-34-32-70-30-28-68-26-24-66-22-20-64-18-16-62-14-12-60-10-8-58-6-4-56-2/h49-52H,3-48H2,1-2H3. The maximum atomic E-state index is 6.17. The first kappa shape index (κ1) is 75.4. The van der Waals surface area contributed by atoms with E-state index in [0.717, 1.165) is 0 Å². The average Bonchev–Trinajstić information content (AvgIpc) is 3.96. The molecule has 2 rings (SSSR count). The van der Waals surface area contributed by atoms with E-state index in [1.54, 1.807) is 14.2 Å². The lowest BCUT2D eigenvalue weighted by atomic mass is 10.2. The molecule has 81 heavy (non-hydrogen) atoms. The number of hydrogen-bond donors (Lipinski definition) is 0. The van der Waals surface area contributed by atoms with Gasteiger partial charge in [-0.2, -0.15) is 0 Å². The second kappa shape index (κ2) is 64.3. The van der Waals surface area contributed by atoms with Crippen molar-refractivity contribution in [2.45, 2.75) is 12.2 Å². The molecular weight excluding hydrogens is 1100 g/mol. The van der Waals surface area contributed by atoms with Gasteiger partial charge in [-0.05, 0) is 0 Å². The molecule has 0 N–H and O–H groups in total. The molecule has 27 heteroatoms. The third kappa shape index (κ3) is 53.5.